The Morgan fingerprint density at radius 1 is 1.32 bits per heavy atom. The quantitative estimate of drug-likeness (QED) is 0.849. The first-order chi connectivity index (χ1) is 9.26. The van der Waals surface area contributed by atoms with Crippen molar-refractivity contribution in [1.82, 2.24) is 10.2 Å². The van der Waals surface area contributed by atoms with Crippen LogP contribution in [0.1, 0.15) is 19.4 Å². The van der Waals surface area contributed by atoms with Gasteiger partial charge in [0, 0.05) is 5.39 Å². The Morgan fingerprint density at radius 3 is 2.68 bits per heavy atom. The number of allylic oxidation sites excluding steroid dienone is 4. The van der Waals surface area contributed by atoms with Crippen molar-refractivity contribution in [3.05, 3.63) is 71.7 Å². The fraction of sp³-hybridized carbons (Fsp3) is 0.125. The molecule has 0 aliphatic carbocycles. The fourth-order valence-corrected chi connectivity index (χ4v) is 1.69. The van der Waals surface area contributed by atoms with Crippen molar-refractivity contribution in [1.29, 1.82) is 0 Å². The van der Waals surface area contributed by atoms with Crippen LogP contribution in [0.15, 0.2) is 60.6 Å². The summed E-state index contributed by atoms with van der Waals surface area (Å²) in [5.74, 6) is 0. The van der Waals surface area contributed by atoms with Gasteiger partial charge in [-0.25, -0.2) is 5.10 Å². The molecule has 0 fully saturated rings. The standard InChI is InChI=1S/C14H12N2O.C2H6/c1-3-5-10(4-2)11-6-7-13-12(8-11)9-15-16-14(13)17;1-2/h3-9H,1-2H2,(H,16,17);1-2H3/b10-5+;. The molecule has 98 valence electrons. The minimum Gasteiger partial charge on any atom is -0.267 e. The van der Waals surface area contributed by atoms with Gasteiger partial charge in [0.1, 0.15) is 0 Å². The number of aromatic amines is 1. The topological polar surface area (TPSA) is 45.8 Å². The summed E-state index contributed by atoms with van der Waals surface area (Å²) in [6.07, 6.45) is 6.96. The van der Waals surface area contributed by atoms with Gasteiger partial charge < -0.3 is 0 Å². The monoisotopic (exact) mass is 254 g/mol. The summed E-state index contributed by atoms with van der Waals surface area (Å²) >= 11 is 0. The molecular formula is C16H18N2O. The first kappa shape index (κ1) is 14.6. The number of nitrogens with one attached hydrogen (secondary N) is 1. The van der Waals surface area contributed by atoms with Crippen LogP contribution < -0.4 is 5.56 Å². The zero-order valence-electron chi connectivity index (χ0n) is 11.3. The molecule has 19 heavy (non-hydrogen) atoms. The van der Waals surface area contributed by atoms with Crippen molar-refractivity contribution in [2.45, 2.75) is 13.8 Å². The van der Waals surface area contributed by atoms with Gasteiger partial charge in [-0.15, -0.1) is 0 Å². The maximum Gasteiger partial charge on any atom is 0.272 e. The molecule has 2 rings (SSSR count). The largest absolute Gasteiger partial charge is 0.272 e. The third-order valence-corrected chi connectivity index (χ3v) is 2.52. The van der Waals surface area contributed by atoms with Gasteiger partial charge in [0.25, 0.3) is 5.56 Å². The van der Waals surface area contributed by atoms with Crippen LogP contribution in [-0.4, -0.2) is 10.2 Å². The first-order valence-corrected chi connectivity index (χ1v) is 6.19. The van der Waals surface area contributed by atoms with Gasteiger partial charge in [-0.2, -0.15) is 5.10 Å². The van der Waals surface area contributed by atoms with E-state index in [0.717, 1.165) is 16.5 Å². The highest BCUT2D eigenvalue weighted by Crippen LogP contribution is 2.19. The lowest BCUT2D eigenvalue weighted by atomic mass is 10.0. The summed E-state index contributed by atoms with van der Waals surface area (Å²) in [6.45, 7) is 11.4. The molecule has 2 aromatic rings. The van der Waals surface area contributed by atoms with Gasteiger partial charge in [-0.05, 0) is 23.3 Å². The normalized spacial score (nSPS) is 10.5. The molecule has 0 aliphatic rings. The lowest BCUT2D eigenvalue weighted by Crippen LogP contribution is -2.07. The third-order valence-electron chi connectivity index (χ3n) is 2.52. The van der Waals surface area contributed by atoms with E-state index >= 15 is 0 Å². The van der Waals surface area contributed by atoms with Crippen LogP contribution in [0.5, 0.6) is 0 Å². The van der Waals surface area contributed by atoms with Crippen LogP contribution in [0.4, 0.5) is 0 Å². The highest BCUT2D eigenvalue weighted by Gasteiger charge is 2.01. The number of benzene rings is 1. The van der Waals surface area contributed by atoms with E-state index in [1.165, 1.54) is 0 Å². The molecule has 1 heterocycles. The molecule has 0 amide bonds. The molecule has 3 nitrogen and oxygen atoms in total. The third kappa shape index (κ3) is 3.28. The number of fused-ring (bicyclic) bond motifs is 1. The average molecular weight is 254 g/mol. The van der Waals surface area contributed by atoms with E-state index in [9.17, 15) is 4.79 Å². The summed E-state index contributed by atoms with van der Waals surface area (Å²) < 4.78 is 0. The van der Waals surface area contributed by atoms with E-state index in [4.69, 9.17) is 0 Å². The van der Waals surface area contributed by atoms with Crippen LogP contribution in [-0.2, 0) is 0 Å². The van der Waals surface area contributed by atoms with Crippen LogP contribution in [0.25, 0.3) is 16.3 Å². The Kier molecular flexibility index (Phi) is 5.48. The zero-order valence-corrected chi connectivity index (χ0v) is 11.3. The summed E-state index contributed by atoms with van der Waals surface area (Å²) in [6, 6.07) is 5.58. The lowest BCUT2D eigenvalue weighted by Gasteiger charge is -2.03. The maximum absolute atomic E-state index is 11.5. The van der Waals surface area contributed by atoms with Crippen molar-refractivity contribution >= 4 is 16.3 Å². The van der Waals surface area contributed by atoms with Crippen molar-refractivity contribution < 1.29 is 0 Å². The number of rotatable bonds is 3. The Hall–Kier alpha value is -2.42. The molecule has 3 heteroatoms. The minimum atomic E-state index is -0.179. The van der Waals surface area contributed by atoms with Gasteiger partial charge in [0.15, 0.2) is 0 Å². The number of H-pyrrole nitrogens is 1. The Bertz CT molecular complexity index is 666. The molecule has 1 N–H and O–H groups in total. The highest BCUT2D eigenvalue weighted by molar-refractivity contribution is 5.86. The molecule has 1 aromatic heterocycles. The lowest BCUT2D eigenvalue weighted by molar-refractivity contribution is 1.01. The summed E-state index contributed by atoms with van der Waals surface area (Å²) in [4.78, 5) is 11.5. The van der Waals surface area contributed by atoms with Crippen LogP contribution in [0.2, 0.25) is 0 Å². The van der Waals surface area contributed by atoms with E-state index in [1.54, 1.807) is 24.4 Å². The summed E-state index contributed by atoms with van der Waals surface area (Å²) in [5.41, 5.74) is 1.77. The van der Waals surface area contributed by atoms with Crippen molar-refractivity contribution in [2.75, 3.05) is 0 Å². The van der Waals surface area contributed by atoms with Gasteiger partial charge in [0.05, 0.1) is 11.6 Å². The highest BCUT2D eigenvalue weighted by atomic mass is 16.1. The molecule has 0 aliphatic heterocycles. The van der Waals surface area contributed by atoms with Crippen molar-refractivity contribution in [3.8, 4) is 0 Å². The van der Waals surface area contributed by atoms with E-state index < -0.39 is 0 Å². The Labute approximate surface area is 113 Å². The molecule has 0 bridgehead atoms. The smallest absolute Gasteiger partial charge is 0.267 e. The van der Waals surface area contributed by atoms with Crippen molar-refractivity contribution in [3.63, 3.8) is 0 Å². The first-order valence-electron chi connectivity index (χ1n) is 6.19. The molecule has 0 unspecified atom stereocenters. The second-order valence-corrected chi connectivity index (χ2v) is 3.56. The molecule has 0 atom stereocenters. The number of aromatic nitrogens is 2. The van der Waals surface area contributed by atoms with E-state index in [0.29, 0.717) is 5.39 Å². The number of hydrogen-bond donors (Lipinski definition) is 1. The maximum atomic E-state index is 11.5. The van der Waals surface area contributed by atoms with Gasteiger partial charge in [-0.1, -0.05) is 51.3 Å². The van der Waals surface area contributed by atoms with Crippen LogP contribution in [0.3, 0.4) is 0 Å². The average Bonchev–Trinajstić information content (AvgIpc) is 2.47. The second-order valence-electron chi connectivity index (χ2n) is 3.56. The Morgan fingerprint density at radius 2 is 2.05 bits per heavy atom. The predicted molar refractivity (Wildman–Crippen MR) is 82.1 cm³/mol. The Balaban J connectivity index is 0.000000861. The molecule has 0 saturated heterocycles. The number of hydrogen-bond acceptors (Lipinski definition) is 2. The van der Waals surface area contributed by atoms with Gasteiger partial charge >= 0.3 is 0 Å². The summed E-state index contributed by atoms with van der Waals surface area (Å²) in [7, 11) is 0. The number of nitrogens with zero attached hydrogens (tertiary/aromatic N) is 1. The molecule has 0 saturated carbocycles. The minimum absolute atomic E-state index is 0.179. The van der Waals surface area contributed by atoms with Crippen LogP contribution in [0, 0.1) is 0 Å². The van der Waals surface area contributed by atoms with E-state index in [2.05, 4.69) is 23.4 Å². The van der Waals surface area contributed by atoms with Gasteiger partial charge in [-0.3, -0.25) is 4.79 Å². The SMILES string of the molecule is C=C/C=C(\C=C)c1ccc2c(=O)[nH]ncc2c1.CC. The van der Waals surface area contributed by atoms with E-state index in [-0.39, 0.29) is 5.56 Å². The van der Waals surface area contributed by atoms with Gasteiger partial charge in [0.2, 0.25) is 0 Å². The van der Waals surface area contributed by atoms with Crippen molar-refractivity contribution in [2.24, 2.45) is 0 Å². The second kappa shape index (κ2) is 7.11. The molecular weight excluding hydrogens is 236 g/mol. The molecule has 1 aromatic carbocycles. The molecule has 0 spiro atoms. The molecule has 0 radical (unpaired) electrons. The van der Waals surface area contributed by atoms with Crippen LogP contribution >= 0.6 is 0 Å². The zero-order chi connectivity index (χ0) is 14.3. The van der Waals surface area contributed by atoms with E-state index in [1.807, 2.05) is 32.1 Å². The predicted octanol–water partition coefficient (Wildman–Crippen LogP) is 3.70. The fourth-order valence-electron chi connectivity index (χ4n) is 1.69. The summed E-state index contributed by atoms with van der Waals surface area (Å²) in [5, 5.41) is 7.63.